The second-order valence-electron chi connectivity index (χ2n) is 5.84. The molecule has 175 valence electrons. The quantitative estimate of drug-likeness (QED) is 0.394. The number of hydrogen-bond acceptors (Lipinski definition) is 2. The summed E-state index contributed by atoms with van der Waals surface area (Å²) < 4.78 is 0. The molecule has 31 heavy (non-hydrogen) atoms. The van der Waals surface area contributed by atoms with Crippen molar-refractivity contribution in [1.29, 1.82) is 0 Å². The summed E-state index contributed by atoms with van der Waals surface area (Å²) in [4.78, 5) is 15.2. The Morgan fingerprint density at radius 3 is 2.06 bits per heavy atom. The number of rotatable bonds is 3. The van der Waals surface area contributed by atoms with Gasteiger partial charge in [0.25, 0.3) is 0 Å². The predicted molar refractivity (Wildman–Crippen MR) is 135 cm³/mol. The van der Waals surface area contributed by atoms with Crippen molar-refractivity contribution in [2.24, 2.45) is 5.92 Å². The molecule has 0 saturated carbocycles. The number of fused-ring (bicyclic) bond motifs is 1. The van der Waals surface area contributed by atoms with E-state index in [4.69, 9.17) is 0 Å². The zero-order valence-corrected chi connectivity index (χ0v) is 25.0. The van der Waals surface area contributed by atoms with Gasteiger partial charge in [-0.05, 0) is 19.3 Å². The van der Waals surface area contributed by atoms with Crippen LogP contribution < -0.4 is 0 Å². The van der Waals surface area contributed by atoms with Crippen molar-refractivity contribution >= 4 is 5.78 Å². The Bertz CT molecular complexity index is 590. The molecule has 2 aromatic rings. The molecule has 1 aliphatic rings. The third-order valence-corrected chi connectivity index (χ3v) is 4.37. The minimum atomic E-state index is 0. The van der Waals surface area contributed by atoms with E-state index in [1.807, 2.05) is 99.0 Å². The molecular weight excluding hydrogens is 455 g/mol. The molecule has 0 saturated heterocycles. The summed E-state index contributed by atoms with van der Waals surface area (Å²) >= 11 is 0. The van der Waals surface area contributed by atoms with Crippen LogP contribution in [0.25, 0.3) is 0 Å². The molecule has 1 radical (unpaired) electrons. The zero-order chi connectivity index (χ0) is 23.9. The number of hydrogen-bond donors (Lipinski definition) is 0. The van der Waals surface area contributed by atoms with E-state index < -0.39 is 0 Å². The Kier molecular flexibility index (Phi) is 32.6. The molecule has 2 atom stereocenters. The van der Waals surface area contributed by atoms with E-state index in [1.54, 1.807) is 6.92 Å². The van der Waals surface area contributed by atoms with E-state index in [2.05, 4.69) is 30.5 Å². The Balaban J connectivity index is -0.000000177. The van der Waals surface area contributed by atoms with Gasteiger partial charge in [0, 0.05) is 38.6 Å². The van der Waals surface area contributed by atoms with Gasteiger partial charge in [-0.3, -0.25) is 9.78 Å². The average molecular weight is 503 g/mol. The summed E-state index contributed by atoms with van der Waals surface area (Å²) in [6.45, 7) is 21.7. The number of aryl methyl sites for hydroxylation is 1. The van der Waals surface area contributed by atoms with Gasteiger partial charge in [-0.25, -0.2) is 0 Å². The zero-order valence-electron chi connectivity index (χ0n) is 22.1. The first-order valence-corrected chi connectivity index (χ1v) is 11.8. The summed E-state index contributed by atoms with van der Waals surface area (Å²) in [6.07, 6.45) is 8.45. The summed E-state index contributed by atoms with van der Waals surface area (Å²) in [7, 11) is 0. The number of nitrogens with zero attached hydrogens (tertiary/aromatic N) is 1. The van der Waals surface area contributed by atoms with Crippen LogP contribution in [0, 0.1) is 18.4 Å². The van der Waals surface area contributed by atoms with Crippen molar-refractivity contribution < 1.29 is 37.5 Å². The molecule has 0 N–H and O–H groups in total. The average Bonchev–Trinajstić information content (AvgIpc) is 3.33. The van der Waals surface area contributed by atoms with Crippen LogP contribution in [0.5, 0.6) is 0 Å². The van der Waals surface area contributed by atoms with E-state index in [-0.39, 0.29) is 50.3 Å². The minimum absolute atomic E-state index is 0. The van der Waals surface area contributed by atoms with Gasteiger partial charge < -0.3 is 0 Å². The summed E-state index contributed by atoms with van der Waals surface area (Å²) in [6, 6.07) is 12.9. The number of ketones is 1. The fourth-order valence-electron chi connectivity index (χ4n) is 2.56. The Labute approximate surface area is 219 Å². The van der Waals surface area contributed by atoms with E-state index in [0.29, 0.717) is 0 Å². The molecule has 0 amide bonds. The van der Waals surface area contributed by atoms with Gasteiger partial charge in [-0.15, -0.1) is 11.6 Å². The topological polar surface area (TPSA) is 30.0 Å². The fourth-order valence-corrected chi connectivity index (χ4v) is 2.56. The van der Waals surface area contributed by atoms with Crippen molar-refractivity contribution in [3.63, 3.8) is 0 Å². The number of pyridine rings is 1. The first-order chi connectivity index (χ1) is 14.6. The molecule has 0 spiro atoms. The third-order valence-electron chi connectivity index (χ3n) is 4.37. The van der Waals surface area contributed by atoms with Gasteiger partial charge in [-0.2, -0.15) is 47.9 Å². The van der Waals surface area contributed by atoms with Crippen LogP contribution in [0.2, 0.25) is 0 Å². The summed E-state index contributed by atoms with van der Waals surface area (Å²) in [5, 5.41) is 0. The van der Waals surface area contributed by atoms with Crippen molar-refractivity contribution in [2.45, 2.75) is 94.9 Å². The van der Waals surface area contributed by atoms with Crippen molar-refractivity contribution in [1.82, 2.24) is 4.98 Å². The second-order valence-corrected chi connectivity index (χ2v) is 5.84. The number of carbonyl (C=O) groups excluding carboxylic acids is 1. The van der Waals surface area contributed by atoms with Crippen molar-refractivity contribution in [2.75, 3.05) is 0 Å². The molecule has 1 aromatic heterocycles. The van der Waals surface area contributed by atoms with Gasteiger partial charge in [-0.1, -0.05) is 88.0 Å². The van der Waals surface area contributed by atoms with Crippen LogP contribution >= 0.6 is 0 Å². The minimum Gasteiger partial charge on any atom is -0.300 e. The molecule has 2 nitrogen and oxygen atoms in total. The maximum atomic E-state index is 11.1. The molecule has 1 aliphatic carbocycles. The fraction of sp³-hybridized carbons (Fsp3) is 0.536. The molecule has 2 unspecified atom stereocenters. The monoisotopic (exact) mass is 502 g/mol. The first-order valence-electron chi connectivity index (χ1n) is 11.8. The number of benzene rings is 1. The maximum absolute atomic E-state index is 11.1. The molecule has 1 heterocycles. The van der Waals surface area contributed by atoms with Crippen molar-refractivity contribution in [3.8, 4) is 0 Å². The van der Waals surface area contributed by atoms with E-state index >= 15 is 0 Å². The molecule has 0 aliphatic heterocycles. The van der Waals surface area contributed by atoms with Crippen LogP contribution in [-0.4, -0.2) is 10.8 Å². The van der Waals surface area contributed by atoms with Crippen LogP contribution in [0.4, 0.5) is 0 Å². The van der Waals surface area contributed by atoms with Gasteiger partial charge in [0.05, 0.1) is 0 Å². The number of Topliss-reactive ketones (excluding diaryl/α,β-unsaturated/α-hetero) is 1. The first kappa shape index (κ1) is 37.3. The second kappa shape index (κ2) is 27.0. The Morgan fingerprint density at radius 2 is 1.61 bits per heavy atom. The normalized spacial score (nSPS) is 11.3. The van der Waals surface area contributed by atoms with Gasteiger partial charge in [0.1, 0.15) is 5.78 Å². The van der Waals surface area contributed by atoms with Gasteiger partial charge in [0.2, 0.25) is 0 Å². The van der Waals surface area contributed by atoms with Crippen LogP contribution in [-0.2, 0) is 43.9 Å². The number of aromatic nitrogens is 1. The predicted octanol–water partition coefficient (Wildman–Crippen LogP) is 8.50. The molecule has 3 rings (SSSR count). The third kappa shape index (κ3) is 16.3. The SMILES string of the molecule is CC.CC.CC.CC.CC(=O)C(C)C(C)c1c[c-]ccc1.[Y].c1cc2c(cn1)CC[CH-]2. The van der Waals surface area contributed by atoms with E-state index in [1.165, 1.54) is 29.5 Å². The molecule has 0 fully saturated rings. The Morgan fingerprint density at radius 1 is 1.03 bits per heavy atom. The molecule has 0 bridgehead atoms. The van der Waals surface area contributed by atoms with Gasteiger partial charge in [0.15, 0.2) is 0 Å². The summed E-state index contributed by atoms with van der Waals surface area (Å²) in [5.74, 6) is 0.627. The Hall–Kier alpha value is -0.986. The maximum Gasteiger partial charge on any atom is 0.132 e. The van der Waals surface area contributed by atoms with E-state index in [0.717, 1.165) is 0 Å². The van der Waals surface area contributed by atoms with E-state index in [9.17, 15) is 4.79 Å². The summed E-state index contributed by atoms with van der Waals surface area (Å²) in [5.41, 5.74) is 3.97. The smallest absolute Gasteiger partial charge is 0.132 e. The molecular formula is C28H47NOY-2. The molecule has 1 aromatic carbocycles. The number of carbonyl (C=O) groups is 1. The van der Waals surface area contributed by atoms with Crippen LogP contribution in [0.15, 0.2) is 42.7 Å². The van der Waals surface area contributed by atoms with Gasteiger partial charge >= 0.3 is 0 Å². The standard InChI is InChI=1S/C12H15O.C8H8N.4C2H6.Y/c1-9(11(3)13)10(2)12-7-5-4-6-8-12;1-2-7-4-5-9-6-8(7)3-1;4*1-2;/h4-5,7-10H,1-3H3;2,4-6H,1,3H2;4*1-2H3;/q2*-1;;;;;. The van der Waals surface area contributed by atoms with Crippen LogP contribution in [0.3, 0.4) is 0 Å². The molecule has 3 heteroatoms. The largest absolute Gasteiger partial charge is 0.300 e. The van der Waals surface area contributed by atoms with Crippen molar-refractivity contribution in [3.05, 3.63) is 71.9 Å². The van der Waals surface area contributed by atoms with Crippen LogP contribution in [0.1, 0.15) is 105 Å².